The van der Waals surface area contributed by atoms with E-state index in [0.29, 0.717) is 6.54 Å². The van der Waals surface area contributed by atoms with Crippen molar-refractivity contribution in [2.45, 2.75) is 6.42 Å². The minimum absolute atomic E-state index is 0.639. The molecule has 0 aromatic rings. The van der Waals surface area contributed by atoms with Crippen molar-refractivity contribution in [3.63, 3.8) is 0 Å². The molecule has 0 aromatic heterocycles. The van der Waals surface area contributed by atoms with Crippen LogP contribution in [0.25, 0.3) is 0 Å². The lowest BCUT2D eigenvalue weighted by Crippen LogP contribution is -1.90. The Labute approximate surface area is 36.4 Å². The van der Waals surface area contributed by atoms with Crippen molar-refractivity contribution in [1.82, 2.24) is 0 Å². The second-order valence-corrected chi connectivity index (χ2v) is 1.33. The molecule has 0 unspecified atom stereocenters. The maximum atomic E-state index is 6.92. The first-order valence-corrected chi connectivity index (χ1v) is 1.94. The highest BCUT2D eigenvalue weighted by atomic mass is 14.8. The number of hydrogen-bond acceptors (Lipinski definition) is 2. The molecular formula is C4H6N2. The van der Waals surface area contributed by atoms with E-state index in [1.807, 2.05) is 0 Å². The Morgan fingerprint density at radius 2 is 2.67 bits per heavy atom. The van der Waals surface area contributed by atoms with Gasteiger partial charge >= 0.3 is 0 Å². The Morgan fingerprint density at radius 1 is 1.83 bits per heavy atom. The first-order valence-electron chi connectivity index (χ1n) is 1.94. The fourth-order valence-electron chi connectivity index (χ4n) is 0.414. The molecule has 2 nitrogen and oxygen atoms in total. The van der Waals surface area contributed by atoms with Crippen LogP contribution in [0.15, 0.2) is 4.99 Å². The number of nitrogens with zero attached hydrogens (tertiary/aromatic N) is 1. The van der Waals surface area contributed by atoms with Gasteiger partial charge in [-0.3, -0.25) is 4.99 Å². The Hall–Kier alpha value is -0.660. The zero-order chi connectivity index (χ0) is 4.41. The Bertz CT molecular complexity index is 83.7. The van der Waals surface area contributed by atoms with Crippen molar-refractivity contribution < 1.29 is 0 Å². The summed E-state index contributed by atoms with van der Waals surface area (Å²) in [4.78, 5) is 3.81. The van der Waals surface area contributed by atoms with E-state index in [2.05, 4.69) is 4.99 Å². The maximum absolute atomic E-state index is 6.92. The van der Waals surface area contributed by atoms with E-state index >= 15 is 0 Å². The summed E-state index contributed by atoms with van der Waals surface area (Å²) in [5, 5.41) is 6.92. The number of rotatable bonds is 0. The van der Waals surface area contributed by atoms with Crippen LogP contribution >= 0.6 is 0 Å². The monoisotopic (exact) mass is 82.1 g/mol. The number of nitrogens with one attached hydrogen (secondary N) is 1. The van der Waals surface area contributed by atoms with E-state index in [9.17, 15) is 0 Å². The highest BCUT2D eigenvalue weighted by molar-refractivity contribution is 5.99. The molecule has 0 saturated carbocycles. The lowest BCUT2D eigenvalue weighted by molar-refractivity contribution is 1.30. The highest BCUT2D eigenvalue weighted by Gasteiger charge is 1.96. The molecule has 0 atom stereocenters. The Balaban J connectivity index is 2.52. The summed E-state index contributed by atoms with van der Waals surface area (Å²) < 4.78 is 0. The summed E-state index contributed by atoms with van der Waals surface area (Å²) in [5.41, 5.74) is 0.731. The summed E-state index contributed by atoms with van der Waals surface area (Å²) in [6, 6.07) is 0. The molecule has 6 heavy (non-hydrogen) atoms. The van der Waals surface area contributed by atoms with Crippen LogP contribution in [-0.2, 0) is 0 Å². The molecule has 2 heteroatoms. The third-order valence-electron chi connectivity index (χ3n) is 0.749. The fourth-order valence-corrected chi connectivity index (χ4v) is 0.414. The Kier molecular flexibility index (Phi) is 0.708. The lowest BCUT2D eigenvalue weighted by Gasteiger charge is -1.76. The van der Waals surface area contributed by atoms with Crippen molar-refractivity contribution in [2.24, 2.45) is 4.99 Å². The van der Waals surface area contributed by atoms with Gasteiger partial charge in [0.2, 0.25) is 0 Å². The first-order chi connectivity index (χ1) is 2.89. The second-order valence-electron chi connectivity index (χ2n) is 1.33. The molecule has 32 valence electrons. The normalized spacial score (nSPS) is 19.7. The second kappa shape index (κ2) is 1.20. The van der Waals surface area contributed by atoms with Gasteiger partial charge in [-0.05, 0) is 0 Å². The third kappa shape index (κ3) is 0.455. The summed E-state index contributed by atoms with van der Waals surface area (Å²) in [7, 11) is 0. The average molecular weight is 82.1 g/mol. The van der Waals surface area contributed by atoms with Crippen LogP contribution in [-0.4, -0.2) is 18.5 Å². The van der Waals surface area contributed by atoms with Gasteiger partial charge < -0.3 is 5.41 Å². The molecule has 0 fully saturated rings. The summed E-state index contributed by atoms with van der Waals surface area (Å²) in [6.45, 7) is 0.639. The van der Waals surface area contributed by atoms with E-state index in [4.69, 9.17) is 5.41 Å². The summed E-state index contributed by atoms with van der Waals surface area (Å²) >= 11 is 0. The molecule has 0 aromatic carbocycles. The van der Waals surface area contributed by atoms with Crippen LogP contribution < -0.4 is 0 Å². The summed E-state index contributed by atoms with van der Waals surface area (Å²) in [5.74, 6) is 0. The minimum Gasteiger partial charge on any atom is -0.307 e. The van der Waals surface area contributed by atoms with Gasteiger partial charge in [0, 0.05) is 18.3 Å². The summed E-state index contributed by atoms with van der Waals surface area (Å²) in [6.07, 6.45) is 2.56. The Morgan fingerprint density at radius 3 is 2.83 bits per heavy atom. The minimum atomic E-state index is 0.639. The predicted molar refractivity (Wildman–Crippen MR) is 25.7 cm³/mol. The number of aliphatic imine (C=N–C) groups is 1. The first kappa shape index (κ1) is 3.53. The molecule has 0 bridgehead atoms. The van der Waals surface area contributed by atoms with Crippen molar-refractivity contribution in [2.75, 3.05) is 6.54 Å². The van der Waals surface area contributed by atoms with Crippen molar-refractivity contribution in [1.29, 1.82) is 5.41 Å². The topological polar surface area (TPSA) is 36.2 Å². The SMILES string of the molecule is N=C1CC=NC1. The van der Waals surface area contributed by atoms with Crippen LogP contribution in [0.2, 0.25) is 0 Å². The predicted octanol–water partition coefficient (Wildman–Crippen LogP) is 0.481. The van der Waals surface area contributed by atoms with Gasteiger partial charge in [-0.1, -0.05) is 0 Å². The molecule has 1 aliphatic rings. The van der Waals surface area contributed by atoms with Crippen LogP contribution in [0.4, 0.5) is 0 Å². The van der Waals surface area contributed by atoms with Crippen LogP contribution in [0.3, 0.4) is 0 Å². The molecular weight excluding hydrogens is 76.1 g/mol. The molecule has 1 heterocycles. The van der Waals surface area contributed by atoms with Gasteiger partial charge in [-0.25, -0.2) is 0 Å². The van der Waals surface area contributed by atoms with Gasteiger partial charge in [0.05, 0.1) is 6.54 Å². The molecule has 0 aliphatic carbocycles. The molecule has 0 saturated heterocycles. The van der Waals surface area contributed by atoms with E-state index in [-0.39, 0.29) is 0 Å². The lowest BCUT2D eigenvalue weighted by atomic mass is 10.3. The standard InChI is InChI=1S/C4H6N2/c5-4-1-2-6-3-4/h2,5H,1,3H2. The van der Waals surface area contributed by atoms with Gasteiger partial charge in [-0.2, -0.15) is 0 Å². The molecule has 1 N–H and O–H groups in total. The van der Waals surface area contributed by atoms with Crippen molar-refractivity contribution >= 4 is 11.9 Å². The van der Waals surface area contributed by atoms with Gasteiger partial charge in [0.1, 0.15) is 0 Å². The van der Waals surface area contributed by atoms with Crippen LogP contribution in [0.5, 0.6) is 0 Å². The molecule has 1 aliphatic heterocycles. The van der Waals surface area contributed by atoms with Crippen LogP contribution in [0.1, 0.15) is 6.42 Å². The third-order valence-corrected chi connectivity index (χ3v) is 0.749. The smallest absolute Gasteiger partial charge is 0.0765 e. The average Bonchev–Trinajstić information content (AvgIpc) is 1.86. The molecule has 0 spiro atoms. The largest absolute Gasteiger partial charge is 0.307 e. The fraction of sp³-hybridized carbons (Fsp3) is 0.500. The zero-order valence-electron chi connectivity index (χ0n) is 3.44. The zero-order valence-corrected chi connectivity index (χ0v) is 3.44. The van der Waals surface area contributed by atoms with Crippen LogP contribution in [0, 0.1) is 5.41 Å². The van der Waals surface area contributed by atoms with Gasteiger partial charge in [0.15, 0.2) is 0 Å². The maximum Gasteiger partial charge on any atom is 0.0765 e. The number of hydrogen-bond donors (Lipinski definition) is 1. The quantitative estimate of drug-likeness (QED) is 0.441. The van der Waals surface area contributed by atoms with E-state index in [0.717, 1.165) is 12.1 Å². The van der Waals surface area contributed by atoms with Crippen molar-refractivity contribution in [3.05, 3.63) is 0 Å². The van der Waals surface area contributed by atoms with E-state index in [1.54, 1.807) is 6.21 Å². The highest BCUT2D eigenvalue weighted by Crippen LogP contribution is 1.88. The van der Waals surface area contributed by atoms with E-state index < -0.39 is 0 Å². The molecule has 0 radical (unpaired) electrons. The van der Waals surface area contributed by atoms with Crippen molar-refractivity contribution in [3.8, 4) is 0 Å². The van der Waals surface area contributed by atoms with E-state index in [1.165, 1.54) is 0 Å². The molecule has 1 rings (SSSR count). The van der Waals surface area contributed by atoms with Gasteiger partial charge in [0.25, 0.3) is 0 Å². The molecule has 0 amide bonds. The van der Waals surface area contributed by atoms with Gasteiger partial charge in [-0.15, -0.1) is 0 Å².